The molecule has 0 saturated carbocycles. The summed E-state index contributed by atoms with van der Waals surface area (Å²) in [5, 5.41) is 44.4. The first-order chi connectivity index (χ1) is 14.5. The molecule has 1 aliphatic carbocycles. The second-order valence-electron chi connectivity index (χ2n) is 7.58. The lowest BCUT2D eigenvalue weighted by atomic mass is 9.90. The van der Waals surface area contributed by atoms with Crippen LogP contribution in [0.2, 0.25) is 0 Å². The van der Waals surface area contributed by atoms with Crippen molar-refractivity contribution in [3.8, 4) is 28.8 Å². The van der Waals surface area contributed by atoms with Gasteiger partial charge in [0.05, 0.1) is 17.7 Å². The molecule has 0 amide bonds. The van der Waals surface area contributed by atoms with Crippen LogP contribution in [0.4, 0.5) is 5.13 Å². The smallest absolute Gasteiger partial charge is 0.185 e. The largest absolute Gasteiger partial charge is 0.504 e. The van der Waals surface area contributed by atoms with Gasteiger partial charge >= 0.3 is 0 Å². The number of fused-ring (bicyclic) bond motifs is 1. The van der Waals surface area contributed by atoms with Crippen LogP contribution < -0.4 is 5.32 Å². The van der Waals surface area contributed by atoms with E-state index in [1.807, 2.05) is 5.38 Å². The van der Waals surface area contributed by atoms with Gasteiger partial charge in [-0.2, -0.15) is 5.26 Å². The Kier molecular flexibility index (Phi) is 5.88. The van der Waals surface area contributed by atoms with Crippen molar-refractivity contribution in [2.24, 2.45) is 5.92 Å². The molecule has 7 heteroatoms. The molecule has 0 radical (unpaired) electrons. The zero-order valence-corrected chi connectivity index (χ0v) is 17.2. The van der Waals surface area contributed by atoms with Gasteiger partial charge in [0, 0.05) is 10.9 Å². The molecule has 2 atom stereocenters. The zero-order chi connectivity index (χ0) is 21.1. The van der Waals surface area contributed by atoms with Crippen molar-refractivity contribution in [3.63, 3.8) is 0 Å². The van der Waals surface area contributed by atoms with Crippen molar-refractivity contribution >= 4 is 16.5 Å². The molecule has 0 aliphatic heterocycles. The number of thiazole rings is 1. The number of aliphatic hydroxyl groups is 1. The third-order valence-electron chi connectivity index (χ3n) is 5.46. The predicted molar refractivity (Wildman–Crippen MR) is 116 cm³/mol. The van der Waals surface area contributed by atoms with Crippen LogP contribution in [-0.4, -0.2) is 26.5 Å². The van der Waals surface area contributed by atoms with Gasteiger partial charge in [-0.05, 0) is 67.0 Å². The van der Waals surface area contributed by atoms with E-state index in [2.05, 4.69) is 34.6 Å². The number of phenolic OH excluding ortho intramolecular Hbond substituents is 2. The summed E-state index contributed by atoms with van der Waals surface area (Å²) in [6, 6.07) is 13.0. The highest BCUT2D eigenvalue weighted by molar-refractivity contribution is 7.14. The number of nitrogens with zero attached hydrogens (tertiary/aromatic N) is 2. The second-order valence-corrected chi connectivity index (χ2v) is 8.44. The van der Waals surface area contributed by atoms with Crippen LogP contribution >= 0.6 is 11.3 Å². The molecule has 0 saturated heterocycles. The quantitative estimate of drug-likeness (QED) is 0.351. The maximum absolute atomic E-state index is 10.5. The van der Waals surface area contributed by atoms with Gasteiger partial charge in [-0.25, -0.2) is 4.98 Å². The van der Waals surface area contributed by atoms with E-state index < -0.39 is 12.1 Å². The molecule has 1 aromatic heterocycles. The summed E-state index contributed by atoms with van der Waals surface area (Å²) >= 11 is 1.38. The number of phenols is 2. The Balaban J connectivity index is 1.44. The fraction of sp³-hybridized carbons (Fsp3) is 0.304. The summed E-state index contributed by atoms with van der Waals surface area (Å²) in [5.74, 6) is -1.21. The molecular weight excluding hydrogens is 398 g/mol. The third-order valence-corrected chi connectivity index (χ3v) is 6.24. The number of nitriles is 1. The first kappa shape index (κ1) is 20.2. The van der Waals surface area contributed by atoms with Gasteiger partial charge in [-0.15, -0.1) is 11.3 Å². The molecule has 3 aromatic rings. The van der Waals surface area contributed by atoms with E-state index in [1.165, 1.54) is 47.4 Å². The fourth-order valence-corrected chi connectivity index (χ4v) is 4.52. The number of aliphatic hydroxyl groups excluding tert-OH is 1. The molecular formula is C23H23N3O3S. The minimum Gasteiger partial charge on any atom is -0.504 e. The first-order valence-corrected chi connectivity index (χ1v) is 10.8. The van der Waals surface area contributed by atoms with Crippen molar-refractivity contribution in [3.05, 3.63) is 58.5 Å². The maximum Gasteiger partial charge on any atom is 0.185 e. The lowest BCUT2D eigenvalue weighted by Gasteiger charge is -2.18. The third kappa shape index (κ3) is 4.40. The van der Waals surface area contributed by atoms with Crippen LogP contribution in [0.1, 0.15) is 29.5 Å². The monoisotopic (exact) mass is 421 g/mol. The number of hydrogen-bond donors (Lipinski definition) is 4. The fourth-order valence-electron chi connectivity index (χ4n) is 3.77. The van der Waals surface area contributed by atoms with E-state index in [0.717, 1.165) is 24.1 Å². The number of aryl methyl sites for hydroxylation is 2. The standard InChI is InChI=1S/C23H23N3O3S/c24-12-18(9-14-5-8-20(27)21(28)10-14)22(29)26-23-25-19(13-30-23)17-7-6-15-3-1-2-4-16(15)11-17/h5-8,10-11,13,18,22,27-29H,1-4,9H2,(H,25,26). The normalized spacial score (nSPS) is 15.1. The molecule has 6 nitrogen and oxygen atoms in total. The highest BCUT2D eigenvalue weighted by Gasteiger charge is 2.21. The van der Waals surface area contributed by atoms with Crippen molar-refractivity contribution in [1.82, 2.24) is 4.98 Å². The van der Waals surface area contributed by atoms with Crippen LogP contribution in [0.15, 0.2) is 41.8 Å². The highest BCUT2D eigenvalue weighted by atomic mass is 32.1. The number of aromatic nitrogens is 1. The molecule has 2 aromatic carbocycles. The van der Waals surface area contributed by atoms with Crippen molar-refractivity contribution < 1.29 is 15.3 Å². The maximum atomic E-state index is 10.5. The van der Waals surface area contributed by atoms with E-state index in [9.17, 15) is 20.6 Å². The van der Waals surface area contributed by atoms with Crippen molar-refractivity contribution in [2.45, 2.75) is 38.3 Å². The Morgan fingerprint density at radius 1 is 1.07 bits per heavy atom. The van der Waals surface area contributed by atoms with E-state index in [-0.39, 0.29) is 17.9 Å². The first-order valence-electron chi connectivity index (χ1n) is 9.96. The molecule has 1 heterocycles. The van der Waals surface area contributed by atoms with Crippen LogP contribution in [0, 0.1) is 17.2 Å². The lowest BCUT2D eigenvalue weighted by molar-refractivity contribution is 0.160. The molecule has 0 spiro atoms. The summed E-state index contributed by atoms with van der Waals surface area (Å²) < 4.78 is 0. The van der Waals surface area contributed by atoms with E-state index in [0.29, 0.717) is 10.7 Å². The minimum atomic E-state index is -1.12. The van der Waals surface area contributed by atoms with Gasteiger partial charge in [0.1, 0.15) is 6.23 Å². The van der Waals surface area contributed by atoms with E-state index in [1.54, 1.807) is 6.07 Å². The number of rotatable bonds is 6. The molecule has 154 valence electrons. The lowest BCUT2D eigenvalue weighted by Crippen LogP contribution is -2.29. The average Bonchev–Trinajstić information content (AvgIpc) is 3.22. The summed E-state index contributed by atoms with van der Waals surface area (Å²) in [7, 11) is 0. The van der Waals surface area contributed by atoms with Crippen molar-refractivity contribution in [1.29, 1.82) is 5.26 Å². The second kappa shape index (κ2) is 8.74. The molecule has 0 fully saturated rings. The Bertz CT molecular complexity index is 1090. The van der Waals surface area contributed by atoms with Crippen LogP contribution in [-0.2, 0) is 19.3 Å². The SMILES string of the molecule is N#CC(Cc1ccc(O)c(O)c1)C(O)Nc1nc(-c2ccc3c(c2)CCCC3)cs1. The molecule has 4 rings (SSSR count). The average molecular weight is 422 g/mol. The Morgan fingerprint density at radius 2 is 1.87 bits per heavy atom. The number of hydrogen-bond acceptors (Lipinski definition) is 7. The Hall–Kier alpha value is -3.08. The number of anilines is 1. The summed E-state index contributed by atoms with van der Waals surface area (Å²) in [6.45, 7) is 0. The summed E-state index contributed by atoms with van der Waals surface area (Å²) in [5.41, 5.74) is 5.37. The van der Waals surface area contributed by atoms with Crippen LogP contribution in [0.3, 0.4) is 0 Å². The number of benzene rings is 2. The van der Waals surface area contributed by atoms with Gasteiger partial charge < -0.3 is 20.6 Å². The topological polar surface area (TPSA) is 109 Å². The molecule has 4 N–H and O–H groups in total. The van der Waals surface area contributed by atoms with Crippen molar-refractivity contribution in [2.75, 3.05) is 5.32 Å². The van der Waals surface area contributed by atoms with Crippen LogP contribution in [0.5, 0.6) is 11.5 Å². The molecule has 1 aliphatic rings. The van der Waals surface area contributed by atoms with Crippen LogP contribution in [0.25, 0.3) is 11.3 Å². The summed E-state index contributed by atoms with van der Waals surface area (Å²) in [6.07, 6.45) is 3.82. The minimum absolute atomic E-state index is 0.219. The van der Waals surface area contributed by atoms with Gasteiger partial charge in [-0.3, -0.25) is 0 Å². The van der Waals surface area contributed by atoms with Gasteiger partial charge in [0.2, 0.25) is 0 Å². The van der Waals surface area contributed by atoms with Gasteiger partial charge in [0.25, 0.3) is 0 Å². The van der Waals surface area contributed by atoms with E-state index >= 15 is 0 Å². The summed E-state index contributed by atoms with van der Waals surface area (Å²) in [4.78, 5) is 4.58. The molecule has 2 unspecified atom stereocenters. The van der Waals surface area contributed by atoms with E-state index in [4.69, 9.17) is 0 Å². The predicted octanol–water partition coefficient (Wildman–Crippen LogP) is 4.21. The Labute approximate surface area is 179 Å². The number of aromatic hydroxyl groups is 2. The molecule has 0 bridgehead atoms. The van der Waals surface area contributed by atoms with Gasteiger partial charge in [0.15, 0.2) is 16.6 Å². The van der Waals surface area contributed by atoms with Gasteiger partial charge in [-0.1, -0.05) is 18.2 Å². The Morgan fingerprint density at radius 3 is 2.63 bits per heavy atom. The zero-order valence-electron chi connectivity index (χ0n) is 16.4. The highest BCUT2D eigenvalue weighted by Crippen LogP contribution is 2.31. The molecule has 30 heavy (non-hydrogen) atoms. The number of nitrogens with one attached hydrogen (secondary N) is 1.